The maximum Gasteiger partial charge on any atom is 0.329 e. The lowest BCUT2D eigenvalue weighted by molar-refractivity contribution is -0.384. The van der Waals surface area contributed by atoms with E-state index in [4.69, 9.17) is 10.5 Å². The smallest absolute Gasteiger partial charge is 0.329 e. The monoisotopic (exact) mass is 289 g/mol. The zero-order valence-electron chi connectivity index (χ0n) is 11.4. The minimum Gasteiger partial charge on any atom is -0.497 e. The van der Waals surface area contributed by atoms with Crippen LogP contribution in [0.15, 0.2) is 30.5 Å². The highest BCUT2D eigenvalue weighted by Crippen LogP contribution is 2.18. The Morgan fingerprint density at radius 1 is 1.38 bits per heavy atom. The first-order valence-corrected chi connectivity index (χ1v) is 6.24. The van der Waals surface area contributed by atoms with Crippen LogP contribution in [0.4, 0.5) is 17.5 Å². The highest BCUT2D eigenvalue weighted by molar-refractivity contribution is 5.53. The van der Waals surface area contributed by atoms with E-state index >= 15 is 0 Å². The van der Waals surface area contributed by atoms with E-state index in [1.807, 2.05) is 24.3 Å². The quantitative estimate of drug-likeness (QED) is 0.613. The van der Waals surface area contributed by atoms with Crippen molar-refractivity contribution in [3.05, 3.63) is 46.1 Å². The number of anilines is 2. The zero-order chi connectivity index (χ0) is 15.2. The number of hydrogen-bond donors (Lipinski definition) is 2. The number of nitrogens with two attached hydrogens (primary N) is 1. The van der Waals surface area contributed by atoms with Gasteiger partial charge in [-0.3, -0.25) is 10.1 Å². The topological polar surface area (TPSA) is 116 Å². The number of benzene rings is 1. The van der Waals surface area contributed by atoms with Gasteiger partial charge in [0.05, 0.1) is 12.0 Å². The highest BCUT2D eigenvalue weighted by Gasteiger charge is 2.13. The van der Waals surface area contributed by atoms with Crippen molar-refractivity contribution in [2.75, 3.05) is 24.7 Å². The minimum atomic E-state index is -0.615. The van der Waals surface area contributed by atoms with Gasteiger partial charge in [0.15, 0.2) is 0 Å². The predicted molar refractivity (Wildman–Crippen MR) is 78.3 cm³/mol. The third-order valence-electron chi connectivity index (χ3n) is 2.85. The molecule has 1 aromatic carbocycles. The van der Waals surface area contributed by atoms with Crippen LogP contribution in [0.5, 0.6) is 5.75 Å². The average molecular weight is 289 g/mol. The summed E-state index contributed by atoms with van der Waals surface area (Å²) in [4.78, 5) is 17.7. The van der Waals surface area contributed by atoms with Gasteiger partial charge in [-0.05, 0) is 24.1 Å². The number of nitrogen functional groups attached to an aromatic ring is 1. The lowest BCUT2D eigenvalue weighted by Gasteiger charge is -2.06. The molecular weight excluding hydrogens is 274 g/mol. The second kappa shape index (κ2) is 6.51. The third-order valence-corrected chi connectivity index (χ3v) is 2.85. The van der Waals surface area contributed by atoms with Crippen molar-refractivity contribution >= 4 is 17.5 Å². The molecule has 110 valence electrons. The Bertz CT molecular complexity index is 630. The van der Waals surface area contributed by atoms with Gasteiger partial charge in [0.1, 0.15) is 11.9 Å². The summed E-state index contributed by atoms with van der Waals surface area (Å²) in [6.45, 7) is 0.587. The molecule has 2 rings (SSSR count). The fraction of sp³-hybridized carbons (Fsp3) is 0.231. The summed E-state index contributed by atoms with van der Waals surface area (Å²) >= 11 is 0. The summed E-state index contributed by atoms with van der Waals surface area (Å²) in [5.41, 5.74) is 6.32. The highest BCUT2D eigenvalue weighted by atomic mass is 16.6. The molecule has 0 bridgehead atoms. The van der Waals surface area contributed by atoms with Crippen LogP contribution in [-0.4, -0.2) is 28.5 Å². The van der Waals surface area contributed by atoms with E-state index in [-0.39, 0.29) is 17.5 Å². The van der Waals surface area contributed by atoms with Gasteiger partial charge in [-0.15, -0.1) is 0 Å². The zero-order valence-corrected chi connectivity index (χ0v) is 11.4. The minimum absolute atomic E-state index is 0.151. The number of methoxy groups -OCH3 is 1. The molecule has 21 heavy (non-hydrogen) atoms. The van der Waals surface area contributed by atoms with E-state index in [0.29, 0.717) is 6.54 Å². The van der Waals surface area contributed by atoms with Gasteiger partial charge < -0.3 is 15.8 Å². The van der Waals surface area contributed by atoms with Gasteiger partial charge in [0.2, 0.25) is 11.8 Å². The van der Waals surface area contributed by atoms with E-state index in [2.05, 4.69) is 15.3 Å². The van der Waals surface area contributed by atoms with Crippen LogP contribution in [0.1, 0.15) is 5.56 Å². The Kier molecular flexibility index (Phi) is 4.50. The second-order valence-corrected chi connectivity index (χ2v) is 4.25. The van der Waals surface area contributed by atoms with E-state index < -0.39 is 4.92 Å². The number of nitrogens with one attached hydrogen (secondary N) is 1. The maximum absolute atomic E-state index is 10.6. The normalized spacial score (nSPS) is 10.1. The molecule has 0 unspecified atom stereocenters. The molecule has 0 saturated heterocycles. The fourth-order valence-electron chi connectivity index (χ4n) is 1.73. The molecule has 1 heterocycles. The first-order valence-electron chi connectivity index (χ1n) is 6.24. The van der Waals surface area contributed by atoms with E-state index in [1.165, 1.54) is 0 Å². The molecule has 0 fully saturated rings. The Balaban J connectivity index is 1.91. The van der Waals surface area contributed by atoms with Crippen molar-refractivity contribution in [1.82, 2.24) is 9.97 Å². The number of aromatic nitrogens is 2. The van der Waals surface area contributed by atoms with Gasteiger partial charge >= 0.3 is 5.69 Å². The number of hydrogen-bond acceptors (Lipinski definition) is 7. The second-order valence-electron chi connectivity index (χ2n) is 4.25. The Labute approximate surface area is 121 Å². The number of rotatable bonds is 6. The molecule has 0 spiro atoms. The van der Waals surface area contributed by atoms with Crippen molar-refractivity contribution in [3.63, 3.8) is 0 Å². The lowest BCUT2D eigenvalue weighted by Crippen LogP contribution is -2.10. The summed E-state index contributed by atoms with van der Waals surface area (Å²) in [6, 6.07) is 7.70. The van der Waals surface area contributed by atoms with Crippen molar-refractivity contribution in [2.24, 2.45) is 0 Å². The number of nitro groups is 1. The van der Waals surface area contributed by atoms with Crippen molar-refractivity contribution < 1.29 is 9.66 Å². The number of ether oxygens (including phenoxy) is 1. The molecule has 3 N–H and O–H groups in total. The molecule has 0 radical (unpaired) electrons. The molecular formula is C13H15N5O3. The van der Waals surface area contributed by atoms with Crippen molar-refractivity contribution in [3.8, 4) is 5.75 Å². The summed E-state index contributed by atoms with van der Waals surface area (Å²) in [7, 11) is 1.62. The first kappa shape index (κ1) is 14.5. The fourth-order valence-corrected chi connectivity index (χ4v) is 1.73. The van der Waals surface area contributed by atoms with E-state index in [1.54, 1.807) is 7.11 Å². The Hall–Kier alpha value is -2.90. The summed E-state index contributed by atoms with van der Waals surface area (Å²) < 4.78 is 5.08. The summed E-state index contributed by atoms with van der Waals surface area (Å²) in [6.07, 6.45) is 1.85. The molecule has 0 aliphatic carbocycles. The van der Waals surface area contributed by atoms with Gasteiger partial charge in [-0.2, -0.15) is 4.98 Å². The van der Waals surface area contributed by atoms with Gasteiger partial charge in [0, 0.05) is 6.54 Å². The molecule has 8 heteroatoms. The third kappa shape index (κ3) is 3.78. The summed E-state index contributed by atoms with van der Waals surface area (Å²) in [5, 5.41) is 13.6. The van der Waals surface area contributed by atoms with Crippen molar-refractivity contribution in [1.29, 1.82) is 0 Å². The molecule has 0 aliphatic rings. The van der Waals surface area contributed by atoms with Gasteiger partial charge in [-0.25, -0.2) is 4.98 Å². The van der Waals surface area contributed by atoms with Crippen LogP contribution in [0, 0.1) is 10.1 Å². The van der Waals surface area contributed by atoms with Crippen LogP contribution in [0.3, 0.4) is 0 Å². The van der Waals surface area contributed by atoms with E-state index in [0.717, 1.165) is 23.9 Å². The summed E-state index contributed by atoms with van der Waals surface area (Å²) in [5.74, 6) is 0.923. The van der Waals surface area contributed by atoms with Crippen LogP contribution in [-0.2, 0) is 6.42 Å². The standard InChI is InChI=1S/C13H15N5O3/c1-21-10-4-2-9(3-5-10)6-7-15-13-16-8-11(18(19)20)12(14)17-13/h2-5,8H,6-7H2,1H3,(H3,14,15,16,17). The maximum atomic E-state index is 10.6. The van der Waals surface area contributed by atoms with Gasteiger partial charge in [-0.1, -0.05) is 12.1 Å². The Morgan fingerprint density at radius 2 is 2.10 bits per heavy atom. The molecule has 0 amide bonds. The van der Waals surface area contributed by atoms with Gasteiger partial charge in [0.25, 0.3) is 0 Å². The molecule has 1 aromatic heterocycles. The average Bonchev–Trinajstić information content (AvgIpc) is 2.47. The van der Waals surface area contributed by atoms with Crippen molar-refractivity contribution in [2.45, 2.75) is 6.42 Å². The lowest BCUT2D eigenvalue weighted by atomic mass is 10.1. The molecule has 2 aromatic rings. The van der Waals surface area contributed by atoms with E-state index in [9.17, 15) is 10.1 Å². The SMILES string of the molecule is COc1ccc(CCNc2ncc([N+](=O)[O-])c(N)n2)cc1. The number of nitrogens with zero attached hydrogens (tertiary/aromatic N) is 3. The Morgan fingerprint density at radius 3 is 2.67 bits per heavy atom. The first-order chi connectivity index (χ1) is 10.1. The molecule has 0 aliphatic heterocycles. The van der Waals surface area contributed by atoms with Crippen LogP contribution < -0.4 is 15.8 Å². The molecule has 8 nitrogen and oxygen atoms in total. The van der Waals surface area contributed by atoms with Crippen LogP contribution >= 0.6 is 0 Å². The molecule has 0 saturated carbocycles. The predicted octanol–water partition coefficient (Wildman–Crippen LogP) is 1.63. The largest absolute Gasteiger partial charge is 0.497 e. The molecule has 0 atom stereocenters. The van der Waals surface area contributed by atoms with Crippen LogP contribution in [0.2, 0.25) is 0 Å². The van der Waals surface area contributed by atoms with Crippen LogP contribution in [0.25, 0.3) is 0 Å².